The zero-order chi connectivity index (χ0) is 17.9. The van der Waals surface area contributed by atoms with Crippen LogP contribution in [-0.2, 0) is 4.79 Å². The lowest BCUT2D eigenvalue weighted by atomic mass is 9.96. The monoisotopic (exact) mass is 350 g/mol. The number of aliphatic imine (C=N–C) groups is 1. The molecule has 4 rings (SSSR count). The van der Waals surface area contributed by atoms with E-state index in [1.807, 2.05) is 30.5 Å². The molecule has 0 spiro atoms. The van der Waals surface area contributed by atoms with Gasteiger partial charge in [0.2, 0.25) is 0 Å². The molecule has 0 bridgehead atoms. The molecule has 1 aromatic carbocycles. The Balaban J connectivity index is 1.59. The zero-order valence-corrected chi connectivity index (χ0v) is 14.6. The molecule has 0 unspecified atom stereocenters. The Kier molecular flexibility index (Phi) is 4.56. The Labute approximate surface area is 152 Å². The van der Waals surface area contributed by atoms with E-state index < -0.39 is 5.97 Å². The van der Waals surface area contributed by atoms with Crippen LogP contribution in [0.25, 0.3) is 16.8 Å². The summed E-state index contributed by atoms with van der Waals surface area (Å²) in [5.74, 6) is -0.993. The molecule has 6 heteroatoms. The molecule has 2 aromatic rings. The summed E-state index contributed by atoms with van der Waals surface area (Å²) in [6.45, 7) is 0.243. The van der Waals surface area contributed by atoms with Gasteiger partial charge in [0.1, 0.15) is 5.71 Å². The van der Waals surface area contributed by atoms with Gasteiger partial charge in [-0.1, -0.05) is 37.5 Å². The maximum absolute atomic E-state index is 11.2. The number of benzene rings is 1. The van der Waals surface area contributed by atoms with Gasteiger partial charge in [0.25, 0.3) is 0 Å². The predicted octanol–water partition coefficient (Wildman–Crippen LogP) is 3.48. The molecule has 2 aliphatic rings. The molecule has 0 atom stereocenters. The van der Waals surface area contributed by atoms with Crippen LogP contribution in [0.4, 0.5) is 0 Å². The fourth-order valence-electron chi connectivity index (χ4n) is 3.62. The highest BCUT2D eigenvalue weighted by molar-refractivity contribution is 6.37. The van der Waals surface area contributed by atoms with E-state index in [1.165, 1.54) is 32.1 Å². The van der Waals surface area contributed by atoms with Crippen LogP contribution in [0.15, 0.2) is 47.9 Å². The van der Waals surface area contributed by atoms with Crippen molar-refractivity contribution in [3.63, 3.8) is 0 Å². The first kappa shape index (κ1) is 16.6. The molecule has 134 valence electrons. The fourth-order valence-corrected chi connectivity index (χ4v) is 3.62. The number of hydrogen-bond donors (Lipinski definition) is 2. The third kappa shape index (κ3) is 3.40. The van der Waals surface area contributed by atoms with E-state index in [4.69, 9.17) is 5.11 Å². The van der Waals surface area contributed by atoms with Gasteiger partial charge in [-0.2, -0.15) is 5.10 Å². The van der Waals surface area contributed by atoms with Gasteiger partial charge in [0.15, 0.2) is 0 Å². The Morgan fingerprint density at radius 1 is 1.15 bits per heavy atom. The van der Waals surface area contributed by atoms with Crippen molar-refractivity contribution in [3.05, 3.63) is 48.4 Å². The maximum atomic E-state index is 11.2. The normalized spacial score (nSPS) is 18.0. The number of carbonyl (C=O) groups is 1. The summed E-state index contributed by atoms with van der Waals surface area (Å²) in [5.41, 5.74) is 3.78. The van der Waals surface area contributed by atoms with Crippen LogP contribution in [-0.4, -0.2) is 33.1 Å². The highest BCUT2D eigenvalue weighted by Crippen LogP contribution is 2.30. The number of aromatic nitrogens is 2. The smallest absolute Gasteiger partial charge is 0.352 e. The van der Waals surface area contributed by atoms with Gasteiger partial charge in [0, 0.05) is 23.5 Å². The van der Waals surface area contributed by atoms with Gasteiger partial charge in [0.05, 0.1) is 24.5 Å². The van der Waals surface area contributed by atoms with E-state index in [9.17, 15) is 4.79 Å². The molecule has 2 N–H and O–H groups in total. The summed E-state index contributed by atoms with van der Waals surface area (Å²) in [6, 6.07) is 8.49. The van der Waals surface area contributed by atoms with Crippen LogP contribution >= 0.6 is 0 Å². The van der Waals surface area contributed by atoms with E-state index in [0.717, 1.165) is 16.7 Å². The Morgan fingerprint density at radius 2 is 1.96 bits per heavy atom. The molecule has 0 amide bonds. The number of carboxylic acids is 1. The van der Waals surface area contributed by atoms with Gasteiger partial charge in [-0.15, -0.1) is 0 Å². The Bertz CT molecular complexity index is 875. The standard InChI is InChI=1S/C20H22N4O2/c25-20(26)19-12-21-11-18(23-19)15-6-4-5-14(9-15)16-10-22-24(13-16)17-7-2-1-3-8-17/h4-6,9-11,13,17,21H,1-3,7-8,12H2,(H,25,26). The van der Waals surface area contributed by atoms with Crippen LogP contribution in [0.1, 0.15) is 43.7 Å². The molecular formula is C20H22N4O2. The second-order valence-electron chi connectivity index (χ2n) is 6.86. The van der Waals surface area contributed by atoms with Crippen molar-refractivity contribution >= 4 is 17.4 Å². The van der Waals surface area contributed by atoms with Crippen molar-refractivity contribution in [2.75, 3.05) is 6.54 Å². The molecule has 1 aliphatic carbocycles. The van der Waals surface area contributed by atoms with Gasteiger partial charge >= 0.3 is 5.97 Å². The molecule has 26 heavy (non-hydrogen) atoms. The summed E-state index contributed by atoms with van der Waals surface area (Å²) in [7, 11) is 0. The number of nitrogens with zero attached hydrogens (tertiary/aromatic N) is 3. The van der Waals surface area contributed by atoms with Crippen LogP contribution in [0, 0.1) is 0 Å². The minimum atomic E-state index is -0.993. The summed E-state index contributed by atoms with van der Waals surface area (Å²) in [6.07, 6.45) is 12.1. The number of carboxylic acid groups (broad SMARTS) is 1. The van der Waals surface area contributed by atoms with Crippen LogP contribution in [0.5, 0.6) is 0 Å². The number of aliphatic carboxylic acids is 1. The van der Waals surface area contributed by atoms with E-state index in [1.54, 1.807) is 6.20 Å². The summed E-state index contributed by atoms with van der Waals surface area (Å²) >= 11 is 0. The van der Waals surface area contributed by atoms with E-state index in [2.05, 4.69) is 26.3 Å². The van der Waals surface area contributed by atoms with Crippen LogP contribution in [0.3, 0.4) is 0 Å². The third-order valence-electron chi connectivity index (χ3n) is 5.05. The number of rotatable bonds is 4. The molecule has 1 aromatic heterocycles. The third-order valence-corrected chi connectivity index (χ3v) is 5.05. The molecular weight excluding hydrogens is 328 g/mol. The lowest BCUT2D eigenvalue weighted by Crippen LogP contribution is -2.28. The first-order valence-corrected chi connectivity index (χ1v) is 9.10. The first-order chi connectivity index (χ1) is 12.7. The molecule has 1 saturated carbocycles. The number of hydrogen-bond acceptors (Lipinski definition) is 4. The topological polar surface area (TPSA) is 79.5 Å². The largest absolute Gasteiger partial charge is 0.477 e. The molecule has 0 radical (unpaired) electrons. The summed E-state index contributed by atoms with van der Waals surface area (Å²) < 4.78 is 2.10. The van der Waals surface area contributed by atoms with Crippen molar-refractivity contribution in [1.82, 2.24) is 15.1 Å². The zero-order valence-electron chi connectivity index (χ0n) is 14.6. The minimum Gasteiger partial charge on any atom is -0.477 e. The Morgan fingerprint density at radius 3 is 2.77 bits per heavy atom. The minimum absolute atomic E-state index is 0.123. The van der Waals surface area contributed by atoms with Crippen molar-refractivity contribution in [1.29, 1.82) is 0 Å². The van der Waals surface area contributed by atoms with E-state index in [0.29, 0.717) is 11.7 Å². The fraction of sp³-hybridized carbons (Fsp3) is 0.350. The quantitative estimate of drug-likeness (QED) is 0.885. The molecule has 1 fully saturated rings. The second kappa shape index (κ2) is 7.15. The first-order valence-electron chi connectivity index (χ1n) is 9.10. The molecule has 1 aliphatic heterocycles. The lowest BCUT2D eigenvalue weighted by molar-refractivity contribution is -0.129. The van der Waals surface area contributed by atoms with E-state index >= 15 is 0 Å². The average molecular weight is 350 g/mol. The maximum Gasteiger partial charge on any atom is 0.352 e. The average Bonchev–Trinajstić information content (AvgIpc) is 3.19. The SMILES string of the molecule is O=C(O)C1=NC(c2cccc(-c3cnn(C4CCCCC4)c3)c2)=CNC1. The number of nitrogens with one attached hydrogen (secondary N) is 1. The van der Waals surface area contributed by atoms with Gasteiger partial charge < -0.3 is 10.4 Å². The predicted molar refractivity (Wildman–Crippen MR) is 101 cm³/mol. The Hall–Kier alpha value is -2.89. The lowest BCUT2D eigenvalue weighted by Gasteiger charge is -2.21. The molecule has 0 saturated heterocycles. The van der Waals surface area contributed by atoms with Gasteiger partial charge in [-0.05, 0) is 24.5 Å². The van der Waals surface area contributed by atoms with E-state index in [-0.39, 0.29) is 12.3 Å². The second-order valence-corrected chi connectivity index (χ2v) is 6.86. The highest BCUT2D eigenvalue weighted by atomic mass is 16.4. The van der Waals surface area contributed by atoms with Crippen LogP contribution in [0.2, 0.25) is 0 Å². The van der Waals surface area contributed by atoms with Crippen LogP contribution < -0.4 is 5.32 Å². The highest BCUT2D eigenvalue weighted by Gasteiger charge is 2.17. The van der Waals surface area contributed by atoms with Gasteiger partial charge in [-0.25, -0.2) is 9.79 Å². The van der Waals surface area contributed by atoms with Gasteiger partial charge in [-0.3, -0.25) is 4.68 Å². The van der Waals surface area contributed by atoms with Crippen molar-refractivity contribution in [2.24, 2.45) is 4.99 Å². The molecule has 6 nitrogen and oxygen atoms in total. The summed E-state index contributed by atoms with van der Waals surface area (Å²) in [5, 5.41) is 16.7. The van der Waals surface area contributed by atoms with Crippen molar-refractivity contribution in [2.45, 2.75) is 38.1 Å². The van der Waals surface area contributed by atoms with Crippen molar-refractivity contribution in [3.8, 4) is 11.1 Å². The van der Waals surface area contributed by atoms with Crippen molar-refractivity contribution < 1.29 is 9.90 Å². The summed E-state index contributed by atoms with van der Waals surface area (Å²) in [4.78, 5) is 15.4. The molecule has 2 heterocycles.